The molecule has 2 aromatic carbocycles. The quantitative estimate of drug-likeness (QED) is 0.604. The van der Waals surface area contributed by atoms with Crippen molar-refractivity contribution in [2.45, 2.75) is 6.92 Å². The number of carbonyl (C=O) groups excluding carboxylic acids is 1. The Labute approximate surface area is 156 Å². The molecule has 2 heterocycles. The third-order valence-corrected chi connectivity index (χ3v) is 4.36. The molecule has 1 N–H and O–H groups in total. The summed E-state index contributed by atoms with van der Waals surface area (Å²) >= 11 is 0. The van der Waals surface area contributed by atoms with Crippen molar-refractivity contribution in [3.05, 3.63) is 67.1 Å². The van der Waals surface area contributed by atoms with Gasteiger partial charge in [-0.15, -0.1) is 0 Å². The molecule has 2 aromatic heterocycles. The topological polar surface area (TPSA) is 75.9 Å². The van der Waals surface area contributed by atoms with E-state index in [1.165, 1.54) is 13.3 Å². The first kappa shape index (κ1) is 16.7. The van der Waals surface area contributed by atoms with Crippen molar-refractivity contribution in [2.24, 2.45) is 0 Å². The summed E-state index contributed by atoms with van der Waals surface area (Å²) in [7, 11) is 1.75. The van der Waals surface area contributed by atoms with Gasteiger partial charge in [-0.25, -0.2) is 14.6 Å². The molecule has 7 nitrogen and oxygen atoms in total. The summed E-state index contributed by atoms with van der Waals surface area (Å²) in [5, 5.41) is 8.58. The third kappa shape index (κ3) is 3.22. The Morgan fingerprint density at radius 2 is 1.78 bits per heavy atom. The Bertz CT molecular complexity index is 1090. The average molecular weight is 358 g/mol. The molecule has 1 amide bonds. The van der Waals surface area contributed by atoms with Gasteiger partial charge < -0.3 is 10.2 Å². The van der Waals surface area contributed by atoms with Gasteiger partial charge in [0, 0.05) is 25.3 Å². The average Bonchev–Trinajstić information content (AvgIpc) is 3.14. The van der Waals surface area contributed by atoms with E-state index in [0.29, 0.717) is 5.82 Å². The van der Waals surface area contributed by atoms with Crippen molar-refractivity contribution in [2.75, 3.05) is 17.3 Å². The SMILES string of the molecule is CC(=O)N(C)c1ccc(Nc2ncnc3c2cnn3-c2ccccc2)cc1. The van der Waals surface area contributed by atoms with E-state index in [1.54, 1.807) is 22.8 Å². The first-order chi connectivity index (χ1) is 13.1. The number of hydrogen-bond acceptors (Lipinski definition) is 5. The van der Waals surface area contributed by atoms with E-state index in [0.717, 1.165) is 28.1 Å². The van der Waals surface area contributed by atoms with Crippen molar-refractivity contribution < 1.29 is 4.79 Å². The Balaban J connectivity index is 1.65. The molecule has 134 valence electrons. The van der Waals surface area contributed by atoms with Crippen molar-refractivity contribution in [1.29, 1.82) is 0 Å². The van der Waals surface area contributed by atoms with E-state index in [1.807, 2.05) is 54.6 Å². The number of carbonyl (C=O) groups is 1. The summed E-state index contributed by atoms with van der Waals surface area (Å²) in [5.41, 5.74) is 3.36. The maximum atomic E-state index is 11.5. The van der Waals surface area contributed by atoms with Crippen molar-refractivity contribution in [3.63, 3.8) is 0 Å². The molecule has 0 atom stereocenters. The minimum Gasteiger partial charge on any atom is -0.340 e. The van der Waals surface area contributed by atoms with Crippen LogP contribution in [0.2, 0.25) is 0 Å². The monoisotopic (exact) mass is 358 g/mol. The second kappa shape index (κ2) is 6.87. The zero-order valence-electron chi connectivity index (χ0n) is 15.0. The summed E-state index contributed by atoms with van der Waals surface area (Å²) in [5.74, 6) is 0.663. The number of aromatic nitrogens is 4. The molecule has 27 heavy (non-hydrogen) atoms. The molecule has 0 saturated carbocycles. The molecule has 0 spiro atoms. The lowest BCUT2D eigenvalue weighted by Gasteiger charge is -2.15. The highest BCUT2D eigenvalue weighted by Gasteiger charge is 2.11. The van der Waals surface area contributed by atoms with Gasteiger partial charge in [-0.2, -0.15) is 5.10 Å². The molecule has 0 aliphatic rings. The number of anilines is 3. The van der Waals surface area contributed by atoms with E-state index < -0.39 is 0 Å². The van der Waals surface area contributed by atoms with Crippen LogP contribution in [0.25, 0.3) is 16.7 Å². The second-order valence-electron chi connectivity index (χ2n) is 6.10. The summed E-state index contributed by atoms with van der Waals surface area (Å²) in [4.78, 5) is 21.8. The van der Waals surface area contributed by atoms with E-state index in [9.17, 15) is 4.79 Å². The van der Waals surface area contributed by atoms with Gasteiger partial charge in [0.15, 0.2) is 5.65 Å². The van der Waals surface area contributed by atoms with Crippen LogP contribution in [0.5, 0.6) is 0 Å². The summed E-state index contributed by atoms with van der Waals surface area (Å²) in [6, 6.07) is 17.4. The predicted molar refractivity (Wildman–Crippen MR) is 105 cm³/mol. The number of nitrogens with zero attached hydrogens (tertiary/aromatic N) is 5. The maximum Gasteiger partial charge on any atom is 0.223 e. The van der Waals surface area contributed by atoms with Crippen LogP contribution in [0.4, 0.5) is 17.2 Å². The first-order valence-corrected chi connectivity index (χ1v) is 8.49. The number of nitrogens with one attached hydrogen (secondary N) is 1. The predicted octanol–water partition coefficient (Wildman–Crippen LogP) is 3.54. The van der Waals surface area contributed by atoms with Gasteiger partial charge in [-0.1, -0.05) is 18.2 Å². The van der Waals surface area contributed by atoms with Gasteiger partial charge in [-0.05, 0) is 36.4 Å². The Kier molecular flexibility index (Phi) is 4.25. The van der Waals surface area contributed by atoms with E-state index in [-0.39, 0.29) is 5.91 Å². The number of fused-ring (bicyclic) bond motifs is 1. The van der Waals surface area contributed by atoms with Crippen LogP contribution in [-0.2, 0) is 4.79 Å². The van der Waals surface area contributed by atoms with Crippen LogP contribution in [0.1, 0.15) is 6.92 Å². The maximum absolute atomic E-state index is 11.5. The summed E-state index contributed by atoms with van der Waals surface area (Å²) < 4.78 is 1.78. The molecule has 0 bridgehead atoms. The summed E-state index contributed by atoms with van der Waals surface area (Å²) in [6.07, 6.45) is 3.27. The molecule has 0 aliphatic heterocycles. The minimum atomic E-state index is -0.0125. The number of para-hydroxylation sites is 1. The highest BCUT2D eigenvalue weighted by molar-refractivity contribution is 5.92. The van der Waals surface area contributed by atoms with Crippen LogP contribution < -0.4 is 10.2 Å². The van der Waals surface area contributed by atoms with E-state index in [2.05, 4.69) is 20.4 Å². The standard InChI is InChI=1S/C20H18N6O/c1-14(27)25(2)16-10-8-15(9-11-16)24-19-18-12-23-26(20(18)22-13-21-19)17-6-4-3-5-7-17/h3-13H,1-2H3,(H,21,22,24). The molecule has 0 saturated heterocycles. The second-order valence-corrected chi connectivity index (χ2v) is 6.10. The number of rotatable bonds is 4. The largest absolute Gasteiger partial charge is 0.340 e. The molecule has 0 fully saturated rings. The molecular formula is C20H18N6O. The number of benzene rings is 2. The Morgan fingerprint density at radius 1 is 1.04 bits per heavy atom. The van der Waals surface area contributed by atoms with Crippen LogP contribution in [-0.4, -0.2) is 32.7 Å². The third-order valence-electron chi connectivity index (χ3n) is 4.36. The van der Waals surface area contributed by atoms with Crippen molar-refractivity contribution in [3.8, 4) is 5.69 Å². The lowest BCUT2D eigenvalue weighted by atomic mass is 10.2. The normalized spacial score (nSPS) is 10.7. The van der Waals surface area contributed by atoms with Crippen LogP contribution in [0.3, 0.4) is 0 Å². The molecule has 7 heteroatoms. The van der Waals surface area contributed by atoms with Gasteiger partial charge in [0.2, 0.25) is 5.91 Å². The number of amides is 1. The fourth-order valence-electron chi connectivity index (χ4n) is 2.79. The van der Waals surface area contributed by atoms with Crippen LogP contribution in [0, 0.1) is 0 Å². The van der Waals surface area contributed by atoms with Crippen LogP contribution in [0.15, 0.2) is 67.1 Å². The minimum absolute atomic E-state index is 0.0125. The zero-order valence-corrected chi connectivity index (χ0v) is 15.0. The summed E-state index contributed by atoms with van der Waals surface area (Å²) in [6.45, 7) is 1.54. The highest BCUT2D eigenvalue weighted by Crippen LogP contribution is 2.25. The Morgan fingerprint density at radius 3 is 2.48 bits per heavy atom. The molecule has 4 aromatic rings. The molecule has 4 rings (SSSR count). The molecule has 0 unspecified atom stereocenters. The lowest BCUT2D eigenvalue weighted by molar-refractivity contribution is -0.116. The van der Waals surface area contributed by atoms with Gasteiger partial charge in [0.05, 0.1) is 17.3 Å². The fourth-order valence-corrected chi connectivity index (χ4v) is 2.79. The fraction of sp³-hybridized carbons (Fsp3) is 0.100. The van der Waals surface area contributed by atoms with E-state index >= 15 is 0 Å². The zero-order chi connectivity index (χ0) is 18.8. The van der Waals surface area contributed by atoms with Crippen LogP contribution >= 0.6 is 0 Å². The van der Waals surface area contributed by atoms with Gasteiger partial charge in [0.25, 0.3) is 0 Å². The highest BCUT2D eigenvalue weighted by atomic mass is 16.2. The molecule has 0 radical (unpaired) electrons. The van der Waals surface area contributed by atoms with Crippen molar-refractivity contribution >= 4 is 34.1 Å². The number of hydrogen-bond donors (Lipinski definition) is 1. The first-order valence-electron chi connectivity index (χ1n) is 8.49. The molecular weight excluding hydrogens is 340 g/mol. The smallest absolute Gasteiger partial charge is 0.223 e. The molecule has 0 aliphatic carbocycles. The van der Waals surface area contributed by atoms with Crippen molar-refractivity contribution in [1.82, 2.24) is 19.7 Å². The Hall–Kier alpha value is -3.74. The van der Waals surface area contributed by atoms with E-state index in [4.69, 9.17) is 0 Å². The lowest BCUT2D eigenvalue weighted by Crippen LogP contribution is -2.22. The van der Waals surface area contributed by atoms with Gasteiger partial charge >= 0.3 is 0 Å². The van der Waals surface area contributed by atoms with Gasteiger partial charge in [0.1, 0.15) is 12.1 Å². The van der Waals surface area contributed by atoms with Gasteiger partial charge in [-0.3, -0.25) is 4.79 Å².